The van der Waals surface area contributed by atoms with Crippen LogP contribution in [0.1, 0.15) is 27.9 Å². The number of hydrogen-bond acceptors (Lipinski definition) is 3. The number of alkyl halides is 1. The summed E-state index contributed by atoms with van der Waals surface area (Å²) >= 11 is 5.74. The third kappa shape index (κ3) is 2.34. The number of aryl methyl sites for hydroxylation is 2. The van der Waals surface area contributed by atoms with Gasteiger partial charge in [-0.25, -0.2) is 4.79 Å². The molecule has 0 saturated carbocycles. The number of hydrogen-bond donors (Lipinski definition) is 0. The van der Waals surface area contributed by atoms with E-state index in [1.54, 1.807) is 6.07 Å². The molecule has 2 rings (SSSR count). The largest absolute Gasteiger partial charge is 0.468 e. The molecule has 17 heavy (non-hydrogen) atoms. The molecule has 1 aliphatic rings. The Bertz CT molecular complexity index is 468. The molecule has 3 nitrogen and oxygen atoms in total. The quantitative estimate of drug-likeness (QED) is 0.358. The summed E-state index contributed by atoms with van der Waals surface area (Å²) in [5.41, 5.74) is 2.95. The fraction of sp³-hybridized carbons (Fsp3) is 0.385. The molecular weight excluding hydrogens is 240 g/mol. The molecule has 1 aromatic rings. The van der Waals surface area contributed by atoms with Gasteiger partial charge in [-0.3, -0.25) is 4.79 Å². The molecule has 0 aromatic heterocycles. The number of benzene rings is 1. The number of Topliss-reactive ketones (excluding diaryl/α,β-unsaturated/α-hetero) is 1. The first-order valence-electron chi connectivity index (χ1n) is 5.51. The number of fused-ring (bicyclic) bond motifs is 1. The minimum atomic E-state index is -1.25. The molecule has 1 aromatic carbocycles. The standard InChI is InChI=1S/C13H13ClO3/c1-17-13(16)11(14)12(15)10-6-5-8-3-2-4-9(8)7-10/h5-7,11H,2-4H2,1H3. The topological polar surface area (TPSA) is 43.4 Å². The van der Waals surface area contributed by atoms with Gasteiger partial charge in [0.2, 0.25) is 0 Å². The monoisotopic (exact) mass is 252 g/mol. The van der Waals surface area contributed by atoms with E-state index >= 15 is 0 Å². The smallest absolute Gasteiger partial charge is 0.331 e. The van der Waals surface area contributed by atoms with Crippen molar-refractivity contribution in [1.82, 2.24) is 0 Å². The van der Waals surface area contributed by atoms with Crippen molar-refractivity contribution in [3.05, 3.63) is 34.9 Å². The summed E-state index contributed by atoms with van der Waals surface area (Å²) in [6.45, 7) is 0. The van der Waals surface area contributed by atoms with E-state index in [1.807, 2.05) is 12.1 Å². The Hall–Kier alpha value is -1.35. The minimum Gasteiger partial charge on any atom is -0.468 e. The fourth-order valence-corrected chi connectivity index (χ4v) is 2.30. The first kappa shape index (κ1) is 12.1. The van der Waals surface area contributed by atoms with Crippen LogP contribution in [0.2, 0.25) is 0 Å². The van der Waals surface area contributed by atoms with Crippen LogP contribution in [-0.2, 0) is 22.4 Å². The van der Waals surface area contributed by atoms with Gasteiger partial charge in [-0.15, -0.1) is 11.6 Å². The summed E-state index contributed by atoms with van der Waals surface area (Å²) in [4.78, 5) is 23.1. The van der Waals surface area contributed by atoms with Crippen LogP contribution in [0.15, 0.2) is 18.2 Å². The molecule has 0 bridgehead atoms. The lowest BCUT2D eigenvalue weighted by Crippen LogP contribution is -2.26. The molecule has 1 aliphatic carbocycles. The summed E-state index contributed by atoms with van der Waals surface area (Å²) < 4.78 is 4.46. The third-order valence-corrected chi connectivity index (χ3v) is 3.40. The zero-order chi connectivity index (χ0) is 12.4. The Morgan fingerprint density at radius 2 is 2.00 bits per heavy atom. The summed E-state index contributed by atoms with van der Waals surface area (Å²) in [5, 5.41) is -1.25. The second-order valence-electron chi connectivity index (χ2n) is 4.09. The summed E-state index contributed by atoms with van der Waals surface area (Å²) in [6.07, 6.45) is 3.17. The molecule has 0 spiro atoms. The molecular formula is C13H13ClO3. The first-order valence-corrected chi connectivity index (χ1v) is 5.95. The molecule has 0 radical (unpaired) electrons. The number of rotatable bonds is 3. The average Bonchev–Trinajstić information content (AvgIpc) is 2.83. The van der Waals surface area contributed by atoms with Crippen molar-refractivity contribution < 1.29 is 14.3 Å². The molecule has 1 atom stereocenters. The van der Waals surface area contributed by atoms with E-state index in [9.17, 15) is 9.59 Å². The highest BCUT2D eigenvalue weighted by molar-refractivity contribution is 6.43. The van der Waals surface area contributed by atoms with E-state index in [1.165, 1.54) is 18.2 Å². The van der Waals surface area contributed by atoms with Crippen molar-refractivity contribution in [2.75, 3.05) is 7.11 Å². The Kier molecular flexibility index (Phi) is 3.48. The number of ether oxygens (including phenoxy) is 1. The van der Waals surface area contributed by atoms with Crippen LogP contribution < -0.4 is 0 Å². The number of carbonyl (C=O) groups is 2. The van der Waals surface area contributed by atoms with E-state index < -0.39 is 17.1 Å². The van der Waals surface area contributed by atoms with Crippen LogP contribution in [-0.4, -0.2) is 24.2 Å². The van der Waals surface area contributed by atoms with Crippen LogP contribution in [0, 0.1) is 0 Å². The maximum absolute atomic E-state index is 11.9. The van der Waals surface area contributed by atoms with Crippen molar-refractivity contribution in [3.8, 4) is 0 Å². The predicted octanol–water partition coefficient (Wildman–Crippen LogP) is 2.14. The SMILES string of the molecule is COC(=O)C(Cl)C(=O)c1ccc2c(c1)CCC2. The van der Waals surface area contributed by atoms with Gasteiger partial charge in [-0.05, 0) is 36.5 Å². The average molecular weight is 253 g/mol. The van der Waals surface area contributed by atoms with E-state index in [-0.39, 0.29) is 0 Å². The van der Waals surface area contributed by atoms with E-state index in [0.717, 1.165) is 19.3 Å². The second kappa shape index (κ2) is 4.88. The van der Waals surface area contributed by atoms with Crippen molar-refractivity contribution in [2.45, 2.75) is 24.6 Å². The van der Waals surface area contributed by atoms with E-state index in [0.29, 0.717) is 5.56 Å². The van der Waals surface area contributed by atoms with Gasteiger partial charge in [-0.2, -0.15) is 0 Å². The first-order chi connectivity index (χ1) is 8.13. The van der Waals surface area contributed by atoms with Crippen molar-refractivity contribution >= 4 is 23.4 Å². The number of methoxy groups -OCH3 is 1. The third-order valence-electron chi connectivity index (χ3n) is 3.02. The van der Waals surface area contributed by atoms with Gasteiger partial charge in [0.15, 0.2) is 11.2 Å². The molecule has 4 heteroatoms. The van der Waals surface area contributed by atoms with Crippen LogP contribution >= 0.6 is 11.6 Å². The molecule has 0 N–H and O–H groups in total. The van der Waals surface area contributed by atoms with Crippen LogP contribution in [0.25, 0.3) is 0 Å². The number of carbonyl (C=O) groups excluding carboxylic acids is 2. The Balaban J connectivity index is 2.23. The summed E-state index contributed by atoms with van der Waals surface area (Å²) in [5.74, 6) is -1.11. The van der Waals surface area contributed by atoms with Crippen molar-refractivity contribution in [1.29, 1.82) is 0 Å². The zero-order valence-corrected chi connectivity index (χ0v) is 10.3. The van der Waals surface area contributed by atoms with Crippen molar-refractivity contribution in [2.24, 2.45) is 0 Å². The molecule has 1 unspecified atom stereocenters. The predicted molar refractivity (Wildman–Crippen MR) is 64.5 cm³/mol. The molecule has 0 amide bonds. The van der Waals surface area contributed by atoms with Gasteiger partial charge in [0, 0.05) is 5.56 Å². The number of esters is 1. The Morgan fingerprint density at radius 3 is 2.71 bits per heavy atom. The zero-order valence-electron chi connectivity index (χ0n) is 9.53. The Morgan fingerprint density at radius 1 is 1.29 bits per heavy atom. The number of ketones is 1. The maximum atomic E-state index is 11.9. The lowest BCUT2D eigenvalue weighted by atomic mass is 10.0. The fourth-order valence-electron chi connectivity index (χ4n) is 2.08. The van der Waals surface area contributed by atoms with E-state index in [2.05, 4.69) is 4.74 Å². The van der Waals surface area contributed by atoms with Gasteiger partial charge in [0.25, 0.3) is 0 Å². The maximum Gasteiger partial charge on any atom is 0.331 e. The highest BCUT2D eigenvalue weighted by Crippen LogP contribution is 2.24. The highest BCUT2D eigenvalue weighted by atomic mass is 35.5. The molecule has 0 heterocycles. The van der Waals surface area contributed by atoms with Crippen LogP contribution in [0.3, 0.4) is 0 Å². The molecule has 90 valence electrons. The second-order valence-corrected chi connectivity index (χ2v) is 4.52. The Labute approximate surface area is 105 Å². The molecule has 0 aliphatic heterocycles. The summed E-state index contributed by atoms with van der Waals surface area (Å²) in [7, 11) is 1.22. The van der Waals surface area contributed by atoms with Gasteiger partial charge < -0.3 is 4.74 Å². The van der Waals surface area contributed by atoms with Gasteiger partial charge in [0.05, 0.1) is 7.11 Å². The lowest BCUT2D eigenvalue weighted by Gasteiger charge is -2.08. The highest BCUT2D eigenvalue weighted by Gasteiger charge is 2.26. The van der Waals surface area contributed by atoms with Gasteiger partial charge in [0.1, 0.15) is 0 Å². The minimum absolute atomic E-state index is 0.395. The van der Waals surface area contributed by atoms with Crippen LogP contribution in [0.5, 0.6) is 0 Å². The summed E-state index contributed by atoms with van der Waals surface area (Å²) in [6, 6.07) is 5.50. The van der Waals surface area contributed by atoms with Crippen molar-refractivity contribution in [3.63, 3.8) is 0 Å². The molecule has 0 saturated heterocycles. The number of halogens is 1. The molecule has 0 fully saturated rings. The van der Waals surface area contributed by atoms with Gasteiger partial charge in [-0.1, -0.05) is 12.1 Å². The van der Waals surface area contributed by atoms with Crippen LogP contribution in [0.4, 0.5) is 0 Å². The van der Waals surface area contributed by atoms with Gasteiger partial charge >= 0.3 is 5.97 Å². The van der Waals surface area contributed by atoms with E-state index in [4.69, 9.17) is 11.6 Å². The normalized spacial score (nSPS) is 15.2. The lowest BCUT2D eigenvalue weighted by molar-refractivity contribution is -0.139.